The second kappa shape index (κ2) is 9.18. The topological polar surface area (TPSA) is 106 Å². The number of benzene rings is 1. The number of fused-ring (bicyclic) bond motifs is 2. The number of aromatic hydroxyl groups is 1. The van der Waals surface area contributed by atoms with Gasteiger partial charge in [0.25, 0.3) is 5.91 Å². The van der Waals surface area contributed by atoms with Crippen LogP contribution in [0.3, 0.4) is 0 Å². The monoisotopic (exact) mass is 530 g/mol. The fraction of sp³-hybridized carbons (Fsp3) is 0.423. The van der Waals surface area contributed by atoms with Gasteiger partial charge in [0.1, 0.15) is 40.3 Å². The van der Waals surface area contributed by atoms with Gasteiger partial charge in [-0.05, 0) is 38.5 Å². The zero-order valence-corrected chi connectivity index (χ0v) is 21.3. The summed E-state index contributed by atoms with van der Waals surface area (Å²) in [4.78, 5) is 35.9. The van der Waals surface area contributed by atoms with Gasteiger partial charge in [0.05, 0.1) is 17.7 Å². The van der Waals surface area contributed by atoms with Crippen molar-refractivity contribution in [1.29, 1.82) is 0 Å². The number of piperazine rings is 1. The maximum Gasteiger partial charge on any atom is 0.261 e. The molecule has 1 aromatic carbocycles. The molecule has 2 N–H and O–H groups in total. The van der Waals surface area contributed by atoms with E-state index in [2.05, 4.69) is 11.6 Å². The number of rotatable bonds is 3. The molecule has 0 aliphatic carbocycles. The third-order valence-electron chi connectivity index (χ3n) is 7.28. The lowest BCUT2D eigenvalue weighted by Gasteiger charge is -2.40. The Bertz CT molecular complexity index is 1280. The van der Waals surface area contributed by atoms with E-state index in [9.17, 15) is 24.2 Å². The molecule has 3 aliphatic rings. The fourth-order valence-corrected chi connectivity index (χ4v) is 5.75. The van der Waals surface area contributed by atoms with Crippen molar-refractivity contribution in [2.45, 2.75) is 38.0 Å². The zero-order valence-electron chi connectivity index (χ0n) is 20.6. The number of pyridine rings is 1. The Hall–Kier alpha value is -3.37. The van der Waals surface area contributed by atoms with Crippen molar-refractivity contribution in [2.75, 3.05) is 37.7 Å². The van der Waals surface area contributed by atoms with Crippen molar-refractivity contribution in [3.8, 4) is 22.8 Å². The van der Waals surface area contributed by atoms with E-state index >= 15 is 0 Å². The quantitative estimate of drug-likeness (QED) is 0.588. The lowest BCUT2D eigenvalue weighted by atomic mass is 10.00. The number of β-amino-alcohol motifs (C(OH)–C–C–N with tert-alkyl or cyclic N) is 1. The molecule has 3 aliphatic heterocycles. The van der Waals surface area contributed by atoms with Crippen LogP contribution in [0.15, 0.2) is 30.9 Å². The summed E-state index contributed by atoms with van der Waals surface area (Å²) in [6.45, 7) is 8.44. The number of carbonyl (C=O) groups is 2. The summed E-state index contributed by atoms with van der Waals surface area (Å²) in [5, 5.41) is 20.9. The number of hydrogen-bond acceptors (Lipinski definition) is 7. The molecule has 2 aromatic rings. The van der Waals surface area contributed by atoms with Crippen LogP contribution in [0.1, 0.15) is 30.6 Å². The molecule has 0 saturated carbocycles. The molecule has 0 radical (unpaired) electrons. The van der Waals surface area contributed by atoms with Gasteiger partial charge in [0.15, 0.2) is 5.75 Å². The van der Waals surface area contributed by atoms with Crippen molar-refractivity contribution in [3.05, 3.63) is 47.3 Å². The molecule has 196 valence electrons. The molecule has 0 bridgehead atoms. The van der Waals surface area contributed by atoms with Crippen LogP contribution in [0.5, 0.6) is 11.5 Å². The number of phenolic OH excluding ortho intramolecular Hbond substituents is 1. The van der Waals surface area contributed by atoms with Crippen molar-refractivity contribution < 1.29 is 28.9 Å². The van der Waals surface area contributed by atoms with Crippen molar-refractivity contribution in [1.82, 2.24) is 14.8 Å². The first-order chi connectivity index (χ1) is 17.5. The van der Waals surface area contributed by atoms with E-state index in [1.54, 1.807) is 14.7 Å². The first-order valence-electron chi connectivity index (χ1n) is 12.1. The molecule has 9 nitrogen and oxygen atoms in total. The molecule has 2 fully saturated rings. The van der Waals surface area contributed by atoms with E-state index in [-0.39, 0.29) is 77.2 Å². The van der Waals surface area contributed by atoms with E-state index in [4.69, 9.17) is 16.3 Å². The number of phenols is 1. The van der Waals surface area contributed by atoms with Crippen molar-refractivity contribution >= 4 is 29.2 Å². The van der Waals surface area contributed by atoms with Crippen molar-refractivity contribution in [3.63, 3.8) is 0 Å². The van der Waals surface area contributed by atoms with E-state index in [1.165, 1.54) is 24.3 Å². The Morgan fingerprint density at radius 1 is 1.30 bits per heavy atom. The van der Waals surface area contributed by atoms with Gasteiger partial charge in [0.2, 0.25) is 5.91 Å². The first-order valence-corrected chi connectivity index (χ1v) is 12.4. The Kier molecular flexibility index (Phi) is 6.27. The molecule has 1 aromatic heterocycles. The van der Waals surface area contributed by atoms with E-state index in [0.29, 0.717) is 13.0 Å². The van der Waals surface area contributed by atoms with Crippen molar-refractivity contribution in [2.24, 2.45) is 0 Å². The first kappa shape index (κ1) is 25.3. The van der Waals surface area contributed by atoms with Gasteiger partial charge in [-0.15, -0.1) is 0 Å². The number of nitrogens with zero attached hydrogens (tertiary/aromatic N) is 4. The molecule has 2 atom stereocenters. The highest BCUT2D eigenvalue weighted by Gasteiger charge is 2.45. The SMILES string of the molecule is C=CC(=O)N1CCN2C(=O)c3c(N4C[C@@H](O)CC4(C)C)nc(-c4c(O)cccc4F)c(Cl)c3OC[C@H]2C1. The summed E-state index contributed by atoms with van der Waals surface area (Å²) in [5.41, 5.74) is -0.768. The Balaban J connectivity index is 1.70. The second-order valence-corrected chi connectivity index (χ2v) is 10.5. The maximum absolute atomic E-state index is 14.9. The molecule has 5 rings (SSSR count). The molecule has 37 heavy (non-hydrogen) atoms. The largest absolute Gasteiger partial charge is 0.507 e. The molecule has 2 amide bonds. The van der Waals surface area contributed by atoms with Gasteiger partial charge < -0.3 is 29.6 Å². The summed E-state index contributed by atoms with van der Waals surface area (Å²) in [6, 6.07) is 3.41. The molecule has 0 unspecified atom stereocenters. The number of amides is 2. The number of aromatic nitrogens is 1. The van der Waals surface area contributed by atoms with Crippen LogP contribution in [-0.4, -0.2) is 87.3 Å². The van der Waals surface area contributed by atoms with Crippen LogP contribution in [-0.2, 0) is 4.79 Å². The number of carbonyl (C=O) groups excluding carboxylic acids is 2. The minimum Gasteiger partial charge on any atom is -0.507 e. The molecule has 2 saturated heterocycles. The molecule has 4 heterocycles. The number of ether oxygens (including phenoxy) is 1. The van der Waals surface area contributed by atoms with E-state index < -0.39 is 23.5 Å². The smallest absolute Gasteiger partial charge is 0.261 e. The second-order valence-electron chi connectivity index (χ2n) is 10.2. The summed E-state index contributed by atoms with van der Waals surface area (Å²) in [7, 11) is 0. The number of anilines is 1. The third kappa shape index (κ3) is 4.18. The predicted molar refractivity (Wildman–Crippen MR) is 135 cm³/mol. The number of halogens is 2. The lowest BCUT2D eigenvalue weighted by molar-refractivity contribution is -0.128. The maximum atomic E-state index is 14.9. The van der Waals surface area contributed by atoms with Gasteiger partial charge in [-0.25, -0.2) is 9.37 Å². The van der Waals surface area contributed by atoms with E-state index in [1.807, 2.05) is 13.8 Å². The number of aliphatic hydroxyl groups is 1. The Labute approximate surface area is 218 Å². The fourth-order valence-electron chi connectivity index (χ4n) is 5.47. The normalized spacial score (nSPS) is 22.7. The van der Waals surface area contributed by atoms with E-state index in [0.717, 1.165) is 0 Å². The molecular weight excluding hydrogens is 503 g/mol. The summed E-state index contributed by atoms with van der Waals surface area (Å²) < 4.78 is 21.1. The van der Waals surface area contributed by atoms with Gasteiger partial charge in [-0.2, -0.15) is 0 Å². The van der Waals surface area contributed by atoms with Gasteiger partial charge in [0, 0.05) is 31.7 Å². The average molecular weight is 531 g/mol. The minimum atomic E-state index is -0.739. The standard InChI is InChI=1S/C26H28ClFN4O5/c1-4-18(35)30-8-9-31-14(11-30)13-37-23-20(25(31)36)24(32-12-15(33)10-26(32,2)3)29-22(21(23)27)19-16(28)6-5-7-17(19)34/h4-7,14-15,33-34H,1,8-13H2,2-3H3/t14-,15+/m1/s1. The van der Waals surface area contributed by atoms with Crippen LogP contribution < -0.4 is 9.64 Å². The highest BCUT2D eigenvalue weighted by molar-refractivity contribution is 6.35. The van der Waals surface area contributed by atoms with Crippen LogP contribution in [0.25, 0.3) is 11.3 Å². The Morgan fingerprint density at radius 2 is 2.05 bits per heavy atom. The number of hydrogen-bond donors (Lipinski definition) is 2. The van der Waals surface area contributed by atoms with Crippen LogP contribution >= 0.6 is 11.6 Å². The molecule has 11 heteroatoms. The van der Waals surface area contributed by atoms with Gasteiger partial charge in [-0.3, -0.25) is 9.59 Å². The summed E-state index contributed by atoms with van der Waals surface area (Å²) >= 11 is 6.74. The minimum absolute atomic E-state index is 0.0301. The Morgan fingerprint density at radius 3 is 2.70 bits per heavy atom. The van der Waals surface area contributed by atoms with Crippen LogP contribution in [0, 0.1) is 5.82 Å². The lowest BCUT2D eigenvalue weighted by Crippen LogP contribution is -2.57. The van der Waals surface area contributed by atoms with Crippen LogP contribution in [0.4, 0.5) is 10.2 Å². The number of aliphatic hydroxyl groups excluding tert-OH is 1. The van der Waals surface area contributed by atoms with Crippen LogP contribution in [0.2, 0.25) is 5.02 Å². The summed E-state index contributed by atoms with van der Waals surface area (Å²) in [6.07, 6.45) is 0.986. The molecule has 0 spiro atoms. The summed E-state index contributed by atoms with van der Waals surface area (Å²) in [5.74, 6) is -1.50. The third-order valence-corrected chi connectivity index (χ3v) is 7.63. The van der Waals surface area contributed by atoms with Gasteiger partial charge in [-0.1, -0.05) is 24.2 Å². The average Bonchev–Trinajstić information content (AvgIpc) is 3.04. The van der Waals surface area contributed by atoms with Gasteiger partial charge >= 0.3 is 0 Å². The zero-order chi connectivity index (χ0) is 26.6. The predicted octanol–water partition coefficient (Wildman–Crippen LogP) is 2.83. The molecular formula is C26H28ClFN4O5. The highest BCUT2D eigenvalue weighted by Crippen LogP contribution is 2.48. The highest BCUT2D eigenvalue weighted by atomic mass is 35.5.